The Morgan fingerprint density at radius 1 is 1.00 bits per heavy atom. The van der Waals surface area contributed by atoms with E-state index in [-0.39, 0.29) is 5.82 Å². The van der Waals surface area contributed by atoms with E-state index < -0.39 is 5.91 Å². The lowest BCUT2D eigenvalue weighted by atomic mass is 10.2. The maximum Gasteiger partial charge on any atom is 0.295 e. The summed E-state index contributed by atoms with van der Waals surface area (Å²) in [7, 11) is 0. The topological polar surface area (TPSA) is 59.8 Å². The van der Waals surface area contributed by atoms with Crippen LogP contribution < -0.4 is 5.32 Å². The number of halogens is 2. The Labute approximate surface area is 181 Å². The number of nitrogens with one attached hydrogen (secondary N) is 1. The standard InChI is InChI=1S/C22H16BrClN4O/c1-14-6-12-17(13-7-14)28-21(15-8-10-16(23)11-9-15)26-20(27-28)22(29)25-19-5-3-2-4-18(19)24/h2-13H,1H3,(H,25,29). The average molecular weight is 468 g/mol. The number of hydrogen-bond acceptors (Lipinski definition) is 3. The second-order valence-electron chi connectivity index (χ2n) is 6.45. The lowest BCUT2D eigenvalue weighted by molar-refractivity contribution is 0.101. The first-order chi connectivity index (χ1) is 14.0. The van der Waals surface area contributed by atoms with Crippen LogP contribution in [0.15, 0.2) is 77.3 Å². The number of hydrogen-bond donors (Lipinski definition) is 1. The van der Waals surface area contributed by atoms with Crippen molar-refractivity contribution in [1.29, 1.82) is 0 Å². The minimum atomic E-state index is -0.428. The van der Waals surface area contributed by atoms with E-state index >= 15 is 0 Å². The lowest BCUT2D eigenvalue weighted by Gasteiger charge is -2.06. The minimum absolute atomic E-state index is 0.0587. The molecule has 7 heteroatoms. The molecule has 4 aromatic rings. The zero-order valence-corrected chi connectivity index (χ0v) is 17.8. The van der Waals surface area contributed by atoms with Gasteiger partial charge in [0.2, 0.25) is 5.82 Å². The van der Waals surface area contributed by atoms with Crippen LogP contribution in [-0.2, 0) is 0 Å². The van der Waals surface area contributed by atoms with Gasteiger partial charge >= 0.3 is 0 Å². The molecular formula is C22H16BrClN4O. The van der Waals surface area contributed by atoms with Gasteiger partial charge < -0.3 is 5.32 Å². The summed E-state index contributed by atoms with van der Waals surface area (Å²) in [5.74, 6) is 0.205. The Morgan fingerprint density at radius 2 is 1.69 bits per heavy atom. The Hall–Kier alpha value is -2.96. The van der Waals surface area contributed by atoms with E-state index in [1.807, 2.05) is 55.5 Å². The van der Waals surface area contributed by atoms with Gasteiger partial charge in [0.15, 0.2) is 5.82 Å². The van der Waals surface area contributed by atoms with E-state index in [4.69, 9.17) is 11.6 Å². The van der Waals surface area contributed by atoms with Crippen LogP contribution >= 0.6 is 27.5 Å². The van der Waals surface area contributed by atoms with Crippen molar-refractivity contribution in [2.75, 3.05) is 5.32 Å². The quantitative estimate of drug-likeness (QED) is 0.406. The maximum atomic E-state index is 12.8. The van der Waals surface area contributed by atoms with Gasteiger partial charge in [-0.05, 0) is 43.3 Å². The van der Waals surface area contributed by atoms with Crippen molar-refractivity contribution in [3.05, 3.63) is 93.7 Å². The molecule has 0 aliphatic carbocycles. The van der Waals surface area contributed by atoms with Gasteiger partial charge in [-0.25, -0.2) is 9.67 Å². The van der Waals surface area contributed by atoms with Gasteiger partial charge in [0.05, 0.1) is 16.4 Å². The fraction of sp³-hybridized carbons (Fsp3) is 0.0455. The fourth-order valence-corrected chi connectivity index (χ4v) is 3.25. The highest BCUT2D eigenvalue weighted by Gasteiger charge is 2.19. The maximum absolute atomic E-state index is 12.8. The Morgan fingerprint density at radius 3 is 2.38 bits per heavy atom. The highest BCUT2D eigenvalue weighted by atomic mass is 79.9. The van der Waals surface area contributed by atoms with Crippen LogP contribution in [0.25, 0.3) is 17.1 Å². The van der Waals surface area contributed by atoms with E-state index in [2.05, 4.69) is 31.3 Å². The zero-order chi connectivity index (χ0) is 20.4. The summed E-state index contributed by atoms with van der Waals surface area (Å²) in [6.07, 6.45) is 0. The van der Waals surface area contributed by atoms with Crippen molar-refractivity contribution >= 4 is 39.1 Å². The number of nitrogens with zero attached hydrogens (tertiary/aromatic N) is 3. The number of carbonyl (C=O) groups is 1. The molecule has 0 bridgehead atoms. The summed E-state index contributed by atoms with van der Waals surface area (Å²) in [6, 6.07) is 22.6. The first-order valence-corrected chi connectivity index (χ1v) is 10.0. The third-order valence-corrected chi connectivity index (χ3v) is 5.17. The largest absolute Gasteiger partial charge is 0.318 e. The van der Waals surface area contributed by atoms with Crippen LogP contribution in [0.5, 0.6) is 0 Å². The summed E-state index contributed by atoms with van der Waals surface area (Å²) in [6.45, 7) is 2.02. The highest BCUT2D eigenvalue weighted by Crippen LogP contribution is 2.25. The van der Waals surface area contributed by atoms with Crippen LogP contribution in [0.3, 0.4) is 0 Å². The van der Waals surface area contributed by atoms with Crippen molar-refractivity contribution in [3.8, 4) is 17.1 Å². The van der Waals surface area contributed by atoms with Gasteiger partial charge in [-0.3, -0.25) is 4.79 Å². The summed E-state index contributed by atoms with van der Waals surface area (Å²) < 4.78 is 2.63. The van der Waals surface area contributed by atoms with Crippen molar-refractivity contribution in [2.24, 2.45) is 0 Å². The number of rotatable bonds is 4. The predicted octanol–water partition coefficient (Wildman–Crippen LogP) is 5.91. The Kier molecular flexibility index (Phi) is 5.47. The molecule has 1 amide bonds. The van der Waals surface area contributed by atoms with Crippen molar-refractivity contribution in [2.45, 2.75) is 6.92 Å². The molecule has 0 saturated heterocycles. The third kappa shape index (κ3) is 4.23. The molecule has 3 aromatic carbocycles. The number of aryl methyl sites for hydroxylation is 1. The Bertz CT molecular complexity index is 1110. The number of para-hydroxylation sites is 1. The van der Waals surface area contributed by atoms with Gasteiger partial charge in [-0.1, -0.05) is 69.5 Å². The van der Waals surface area contributed by atoms with E-state index in [0.29, 0.717) is 16.5 Å². The molecule has 144 valence electrons. The van der Waals surface area contributed by atoms with E-state index in [1.54, 1.807) is 28.9 Å². The Balaban J connectivity index is 1.76. The smallest absolute Gasteiger partial charge is 0.295 e. The SMILES string of the molecule is Cc1ccc(-n2nc(C(=O)Nc3ccccc3Cl)nc2-c2ccc(Br)cc2)cc1. The second kappa shape index (κ2) is 8.19. The molecule has 1 heterocycles. The van der Waals surface area contributed by atoms with Gasteiger partial charge in [0.1, 0.15) is 0 Å². The second-order valence-corrected chi connectivity index (χ2v) is 7.77. The van der Waals surface area contributed by atoms with Gasteiger partial charge in [-0.2, -0.15) is 0 Å². The first-order valence-electron chi connectivity index (χ1n) is 8.87. The van der Waals surface area contributed by atoms with Crippen LogP contribution in [0.1, 0.15) is 16.2 Å². The normalized spacial score (nSPS) is 10.7. The van der Waals surface area contributed by atoms with E-state index in [9.17, 15) is 4.79 Å². The molecule has 4 rings (SSSR count). The van der Waals surface area contributed by atoms with E-state index in [0.717, 1.165) is 21.3 Å². The summed E-state index contributed by atoms with van der Waals surface area (Å²) in [5, 5.41) is 7.70. The van der Waals surface area contributed by atoms with Crippen molar-refractivity contribution < 1.29 is 4.79 Å². The zero-order valence-electron chi connectivity index (χ0n) is 15.4. The van der Waals surface area contributed by atoms with Crippen LogP contribution in [0.2, 0.25) is 5.02 Å². The monoisotopic (exact) mass is 466 g/mol. The molecule has 29 heavy (non-hydrogen) atoms. The van der Waals surface area contributed by atoms with Crippen molar-refractivity contribution in [3.63, 3.8) is 0 Å². The molecule has 0 aliphatic heterocycles. The van der Waals surface area contributed by atoms with Crippen molar-refractivity contribution in [1.82, 2.24) is 14.8 Å². The minimum Gasteiger partial charge on any atom is -0.318 e. The number of benzene rings is 3. The molecule has 1 N–H and O–H groups in total. The molecular weight excluding hydrogens is 452 g/mol. The molecule has 0 unspecified atom stereocenters. The molecule has 0 spiro atoms. The number of amides is 1. The van der Waals surface area contributed by atoms with Gasteiger partial charge in [0, 0.05) is 10.0 Å². The molecule has 0 atom stereocenters. The molecule has 0 radical (unpaired) electrons. The van der Waals surface area contributed by atoms with Gasteiger partial charge in [0.25, 0.3) is 5.91 Å². The lowest BCUT2D eigenvalue weighted by Crippen LogP contribution is -2.14. The van der Waals surface area contributed by atoms with E-state index in [1.165, 1.54) is 0 Å². The van der Waals surface area contributed by atoms with Gasteiger partial charge in [-0.15, -0.1) is 5.10 Å². The predicted molar refractivity (Wildman–Crippen MR) is 119 cm³/mol. The number of anilines is 1. The third-order valence-electron chi connectivity index (χ3n) is 4.31. The van der Waals surface area contributed by atoms with Crippen LogP contribution in [0, 0.1) is 6.92 Å². The fourth-order valence-electron chi connectivity index (χ4n) is 2.80. The average Bonchev–Trinajstić information content (AvgIpc) is 3.16. The molecule has 0 saturated carbocycles. The highest BCUT2D eigenvalue weighted by molar-refractivity contribution is 9.10. The van der Waals surface area contributed by atoms with Crippen LogP contribution in [-0.4, -0.2) is 20.7 Å². The molecule has 0 aliphatic rings. The number of carbonyl (C=O) groups excluding carboxylic acids is 1. The molecule has 5 nitrogen and oxygen atoms in total. The number of aromatic nitrogens is 3. The summed E-state index contributed by atoms with van der Waals surface area (Å²) in [4.78, 5) is 17.3. The summed E-state index contributed by atoms with van der Waals surface area (Å²) in [5.41, 5.74) is 3.31. The van der Waals surface area contributed by atoms with Crippen LogP contribution in [0.4, 0.5) is 5.69 Å². The molecule has 0 fully saturated rings. The summed E-state index contributed by atoms with van der Waals surface area (Å²) >= 11 is 9.59. The first kappa shape index (κ1) is 19.4. The molecule has 1 aromatic heterocycles.